The zero-order valence-electron chi connectivity index (χ0n) is 46.2. The average Bonchev–Trinajstić information content (AvgIpc) is 3.38. The molecule has 0 spiro atoms. The van der Waals surface area contributed by atoms with Gasteiger partial charge in [-0.1, -0.05) is 247 Å². The van der Waals surface area contributed by atoms with E-state index >= 15 is 0 Å². The van der Waals surface area contributed by atoms with Gasteiger partial charge in [-0.15, -0.1) is 0 Å². The van der Waals surface area contributed by atoms with Crippen LogP contribution < -0.4 is 5.32 Å². The van der Waals surface area contributed by atoms with Crippen LogP contribution in [-0.4, -0.2) is 87.5 Å². The van der Waals surface area contributed by atoms with Gasteiger partial charge in [0.2, 0.25) is 5.91 Å². The standard InChI is InChI=1S/C63H111NO8/c1-3-5-7-9-11-13-15-17-19-21-22-23-24-25-26-27-28-29-30-31-32-33-34-35-37-38-40-42-44-46-48-50-52-57(66)56(55-71-63-62(70)61(69)60(68)58(54-65)72-63)64-59(67)53-51-49-47-45-43-41-39-36-20-18-16-14-12-10-8-6-4-2/h6,8,12,14,18,20,35,37,39,41-42,44,50,52,56-58,60-63,65-66,68-70H,3-5,7,9-11,13,15-17,19,21-34,36,38,40,43,45-49,51,53-55H2,1-2H3,(H,64,67)/b8-6-,14-12-,20-18-,37-35+,41-39-,44-42+,52-50+. The lowest BCUT2D eigenvalue weighted by Gasteiger charge is -2.40. The number of allylic oxidation sites excluding steroid dienone is 13. The molecule has 0 aromatic rings. The van der Waals surface area contributed by atoms with Gasteiger partial charge >= 0.3 is 0 Å². The molecule has 9 heteroatoms. The molecule has 1 aliphatic rings. The highest BCUT2D eigenvalue weighted by Gasteiger charge is 2.44. The normalized spacial score (nSPS) is 19.8. The van der Waals surface area contributed by atoms with E-state index in [1.165, 1.54) is 148 Å². The van der Waals surface area contributed by atoms with Crippen LogP contribution in [0.5, 0.6) is 0 Å². The summed E-state index contributed by atoms with van der Waals surface area (Å²) in [6.45, 7) is 3.64. The summed E-state index contributed by atoms with van der Waals surface area (Å²) in [6.07, 6.45) is 66.7. The van der Waals surface area contributed by atoms with Gasteiger partial charge in [0.25, 0.3) is 0 Å². The Morgan fingerprint density at radius 2 is 0.875 bits per heavy atom. The maximum absolute atomic E-state index is 13.0. The number of aliphatic hydroxyl groups is 5. The molecular weight excluding hydrogens is 899 g/mol. The molecule has 9 nitrogen and oxygen atoms in total. The van der Waals surface area contributed by atoms with Gasteiger partial charge in [-0.05, 0) is 83.5 Å². The summed E-state index contributed by atoms with van der Waals surface area (Å²) in [7, 11) is 0. The molecular formula is C63H111NO8. The first kappa shape index (κ1) is 67.4. The molecule has 1 fully saturated rings. The lowest BCUT2D eigenvalue weighted by atomic mass is 9.99. The number of rotatable bonds is 50. The zero-order chi connectivity index (χ0) is 52.2. The van der Waals surface area contributed by atoms with Gasteiger partial charge in [0.05, 0.1) is 25.4 Å². The Labute approximate surface area is 441 Å². The van der Waals surface area contributed by atoms with Gasteiger partial charge in [-0.3, -0.25) is 4.79 Å². The van der Waals surface area contributed by atoms with Crippen molar-refractivity contribution >= 4 is 5.91 Å². The third-order valence-electron chi connectivity index (χ3n) is 13.7. The summed E-state index contributed by atoms with van der Waals surface area (Å²) in [5, 5.41) is 54.4. The SMILES string of the molecule is CC/C=C\C/C=C\C/C=C\C/C=C\CCCCCCC(=O)NC(COC1OC(CO)C(O)C(O)C1O)C(O)/C=C/CC/C=C/CC/C=C/CCCCCCCCCCCCCCCCCCCCCCCC. The quantitative estimate of drug-likeness (QED) is 0.0261. The predicted molar refractivity (Wildman–Crippen MR) is 304 cm³/mol. The van der Waals surface area contributed by atoms with Crippen molar-refractivity contribution in [2.75, 3.05) is 13.2 Å². The summed E-state index contributed by atoms with van der Waals surface area (Å²) in [4.78, 5) is 13.0. The van der Waals surface area contributed by atoms with Crippen LogP contribution in [-0.2, 0) is 14.3 Å². The molecule has 0 aromatic carbocycles. The smallest absolute Gasteiger partial charge is 0.220 e. The number of hydrogen-bond donors (Lipinski definition) is 6. The third kappa shape index (κ3) is 40.7. The highest BCUT2D eigenvalue weighted by Crippen LogP contribution is 2.23. The Morgan fingerprint density at radius 3 is 1.33 bits per heavy atom. The molecule has 0 saturated carbocycles. The first-order valence-electron chi connectivity index (χ1n) is 29.8. The molecule has 72 heavy (non-hydrogen) atoms. The van der Waals surface area contributed by atoms with Crippen LogP contribution in [0.4, 0.5) is 0 Å². The molecule has 0 aliphatic carbocycles. The zero-order valence-corrected chi connectivity index (χ0v) is 46.2. The number of carbonyl (C=O) groups is 1. The Morgan fingerprint density at radius 1 is 0.486 bits per heavy atom. The summed E-state index contributed by atoms with van der Waals surface area (Å²) in [5.41, 5.74) is 0. The summed E-state index contributed by atoms with van der Waals surface area (Å²) >= 11 is 0. The molecule has 1 saturated heterocycles. The monoisotopic (exact) mass is 1010 g/mol. The summed E-state index contributed by atoms with van der Waals surface area (Å²) in [5.74, 6) is -0.216. The molecule has 1 rings (SSSR count). The van der Waals surface area contributed by atoms with Gasteiger partial charge in [0, 0.05) is 6.42 Å². The van der Waals surface area contributed by atoms with Crippen LogP contribution in [0.15, 0.2) is 85.1 Å². The molecule has 7 unspecified atom stereocenters. The maximum Gasteiger partial charge on any atom is 0.220 e. The van der Waals surface area contributed by atoms with Gasteiger partial charge < -0.3 is 40.3 Å². The fourth-order valence-electron chi connectivity index (χ4n) is 9.00. The molecule has 0 bridgehead atoms. The molecule has 6 N–H and O–H groups in total. The van der Waals surface area contributed by atoms with Crippen LogP contribution in [0.3, 0.4) is 0 Å². The van der Waals surface area contributed by atoms with E-state index in [0.717, 1.165) is 77.0 Å². The van der Waals surface area contributed by atoms with Gasteiger partial charge in [0.15, 0.2) is 6.29 Å². The molecule has 1 heterocycles. The largest absolute Gasteiger partial charge is 0.394 e. The summed E-state index contributed by atoms with van der Waals surface area (Å²) < 4.78 is 11.2. The molecule has 416 valence electrons. The van der Waals surface area contributed by atoms with E-state index in [1.54, 1.807) is 6.08 Å². The van der Waals surface area contributed by atoms with Crippen molar-refractivity contribution in [3.63, 3.8) is 0 Å². The number of aliphatic hydroxyl groups excluding tert-OH is 5. The molecule has 1 amide bonds. The second kappa shape index (κ2) is 51.8. The van der Waals surface area contributed by atoms with E-state index in [4.69, 9.17) is 9.47 Å². The first-order valence-corrected chi connectivity index (χ1v) is 29.8. The summed E-state index contributed by atoms with van der Waals surface area (Å²) in [6, 6.07) is -0.847. The van der Waals surface area contributed by atoms with Crippen LogP contribution in [0.1, 0.15) is 251 Å². The second-order valence-electron chi connectivity index (χ2n) is 20.4. The van der Waals surface area contributed by atoms with Crippen LogP contribution in [0.2, 0.25) is 0 Å². The minimum absolute atomic E-state index is 0.216. The lowest BCUT2D eigenvalue weighted by Crippen LogP contribution is -2.60. The minimum Gasteiger partial charge on any atom is -0.394 e. The fraction of sp³-hybridized carbons (Fsp3) is 0.762. The molecule has 1 aliphatic heterocycles. The highest BCUT2D eigenvalue weighted by atomic mass is 16.7. The van der Waals surface area contributed by atoms with E-state index in [0.29, 0.717) is 12.8 Å². The van der Waals surface area contributed by atoms with E-state index in [-0.39, 0.29) is 12.5 Å². The fourth-order valence-corrected chi connectivity index (χ4v) is 9.00. The average molecular weight is 1010 g/mol. The van der Waals surface area contributed by atoms with Gasteiger partial charge in [-0.2, -0.15) is 0 Å². The Kier molecular flexibility index (Phi) is 48.5. The number of ether oxygens (including phenoxy) is 2. The third-order valence-corrected chi connectivity index (χ3v) is 13.7. The van der Waals surface area contributed by atoms with Crippen molar-refractivity contribution in [3.05, 3.63) is 85.1 Å². The minimum atomic E-state index is -1.58. The van der Waals surface area contributed by atoms with E-state index in [2.05, 4.69) is 92.1 Å². The van der Waals surface area contributed by atoms with Crippen LogP contribution >= 0.6 is 0 Å². The Bertz CT molecular complexity index is 1400. The lowest BCUT2D eigenvalue weighted by molar-refractivity contribution is -0.302. The Balaban J connectivity index is 2.23. The number of unbranched alkanes of at least 4 members (excludes halogenated alkanes) is 28. The van der Waals surface area contributed by atoms with Crippen molar-refractivity contribution < 1.29 is 39.8 Å². The number of amides is 1. The Hall–Kier alpha value is -2.63. The predicted octanol–water partition coefficient (Wildman–Crippen LogP) is 15.0. The van der Waals surface area contributed by atoms with E-state index in [9.17, 15) is 30.3 Å². The van der Waals surface area contributed by atoms with Crippen molar-refractivity contribution in [2.45, 2.75) is 294 Å². The first-order chi connectivity index (χ1) is 35.3. The molecule has 0 radical (unpaired) electrons. The molecule has 7 atom stereocenters. The van der Waals surface area contributed by atoms with E-state index in [1.807, 2.05) is 6.08 Å². The topological polar surface area (TPSA) is 149 Å². The number of hydrogen-bond acceptors (Lipinski definition) is 8. The highest BCUT2D eigenvalue weighted by molar-refractivity contribution is 5.76. The maximum atomic E-state index is 13.0. The van der Waals surface area contributed by atoms with E-state index < -0.39 is 49.5 Å². The van der Waals surface area contributed by atoms with Crippen molar-refractivity contribution in [1.82, 2.24) is 5.32 Å². The van der Waals surface area contributed by atoms with Crippen molar-refractivity contribution in [3.8, 4) is 0 Å². The second-order valence-corrected chi connectivity index (χ2v) is 20.4. The van der Waals surface area contributed by atoms with Crippen molar-refractivity contribution in [1.29, 1.82) is 0 Å². The van der Waals surface area contributed by atoms with Crippen LogP contribution in [0.25, 0.3) is 0 Å². The van der Waals surface area contributed by atoms with Gasteiger partial charge in [-0.25, -0.2) is 0 Å². The number of carbonyl (C=O) groups excluding carboxylic acids is 1. The van der Waals surface area contributed by atoms with Crippen LogP contribution in [0, 0.1) is 0 Å². The van der Waals surface area contributed by atoms with Gasteiger partial charge in [0.1, 0.15) is 24.4 Å². The number of nitrogens with one attached hydrogen (secondary N) is 1. The molecule has 0 aromatic heterocycles. The van der Waals surface area contributed by atoms with Crippen molar-refractivity contribution in [2.24, 2.45) is 0 Å².